The van der Waals surface area contributed by atoms with Crippen molar-refractivity contribution in [3.63, 3.8) is 0 Å². The zero-order valence-electron chi connectivity index (χ0n) is 8.28. The van der Waals surface area contributed by atoms with Crippen LogP contribution in [0, 0.1) is 0 Å². The molecule has 3 aromatic rings. The summed E-state index contributed by atoms with van der Waals surface area (Å²) >= 11 is 0. The van der Waals surface area contributed by atoms with Gasteiger partial charge in [-0.05, 0) is 12.1 Å². The molecule has 3 rings (SSSR count). The Kier molecular flexibility index (Phi) is 1.96. The van der Waals surface area contributed by atoms with E-state index in [0.717, 1.165) is 17.1 Å². The largest absolute Gasteiger partial charge is 0.345 e. The number of aromatic amines is 1. The topological polar surface area (TPSA) is 72.3 Å². The number of pyridine rings is 1. The van der Waals surface area contributed by atoms with Crippen LogP contribution in [0.15, 0.2) is 43.5 Å². The molecule has 0 aromatic carbocycles. The van der Waals surface area contributed by atoms with E-state index in [4.69, 9.17) is 0 Å². The summed E-state index contributed by atoms with van der Waals surface area (Å²) in [6.45, 7) is 0. The molecule has 1 N–H and O–H groups in total. The Hall–Kier alpha value is -2.50. The Balaban J connectivity index is 1.97. The van der Waals surface area contributed by atoms with Crippen molar-refractivity contribution in [3.8, 4) is 17.1 Å². The number of imidazole rings is 1. The third kappa shape index (κ3) is 1.46. The third-order valence-electron chi connectivity index (χ3n) is 2.21. The van der Waals surface area contributed by atoms with Crippen LogP contribution >= 0.6 is 0 Å². The van der Waals surface area contributed by atoms with Gasteiger partial charge in [0, 0.05) is 11.8 Å². The lowest BCUT2D eigenvalue weighted by molar-refractivity contribution is 0.845. The molecule has 0 amide bonds. The summed E-state index contributed by atoms with van der Waals surface area (Å²) in [5.41, 5.74) is 1.93. The first-order chi connectivity index (χ1) is 7.93. The van der Waals surface area contributed by atoms with Crippen molar-refractivity contribution in [2.45, 2.75) is 0 Å². The highest BCUT2D eigenvalue weighted by molar-refractivity contribution is 5.57. The molecular formula is C10H8N6. The monoisotopic (exact) mass is 212 g/mol. The van der Waals surface area contributed by atoms with Crippen molar-refractivity contribution < 1.29 is 0 Å². The first kappa shape index (κ1) is 8.78. The third-order valence-corrected chi connectivity index (χ3v) is 2.21. The van der Waals surface area contributed by atoms with Crippen LogP contribution in [0.25, 0.3) is 17.1 Å². The van der Waals surface area contributed by atoms with Gasteiger partial charge in [0.1, 0.15) is 12.7 Å². The lowest BCUT2D eigenvalue weighted by Crippen LogP contribution is -1.97. The maximum atomic E-state index is 4.29. The maximum Gasteiger partial charge on any atom is 0.155 e. The zero-order valence-corrected chi connectivity index (χ0v) is 8.28. The standard InChI is InChI=1S/C10H8N6/c1-2-10(16-7-12-6-15-16)13-3-8(1)9-4-11-5-14-9/h1-7H,(H,11,14). The fourth-order valence-corrected chi connectivity index (χ4v) is 1.42. The van der Waals surface area contributed by atoms with Crippen molar-refractivity contribution >= 4 is 0 Å². The van der Waals surface area contributed by atoms with Crippen LogP contribution in [0.3, 0.4) is 0 Å². The average Bonchev–Trinajstić information content (AvgIpc) is 3.03. The van der Waals surface area contributed by atoms with Crippen molar-refractivity contribution in [3.05, 3.63) is 43.5 Å². The van der Waals surface area contributed by atoms with Crippen LogP contribution in [-0.4, -0.2) is 29.7 Å². The number of hydrogen-bond donors (Lipinski definition) is 1. The summed E-state index contributed by atoms with van der Waals surface area (Å²) in [5.74, 6) is 0.737. The van der Waals surface area contributed by atoms with Crippen molar-refractivity contribution in [2.75, 3.05) is 0 Å². The summed E-state index contributed by atoms with van der Waals surface area (Å²) in [7, 11) is 0. The van der Waals surface area contributed by atoms with E-state index < -0.39 is 0 Å². The van der Waals surface area contributed by atoms with E-state index in [9.17, 15) is 0 Å². The number of H-pyrrole nitrogens is 1. The van der Waals surface area contributed by atoms with Gasteiger partial charge in [-0.3, -0.25) is 0 Å². The van der Waals surface area contributed by atoms with Gasteiger partial charge >= 0.3 is 0 Å². The molecule has 6 nitrogen and oxygen atoms in total. The van der Waals surface area contributed by atoms with Crippen molar-refractivity contribution in [2.24, 2.45) is 0 Å². The van der Waals surface area contributed by atoms with Gasteiger partial charge in [-0.1, -0.05) is 0 Å². The fraction of sp³-hybridized carbons (Fsp3) is 0. The first-order valence-electron chi connectivity index (χ1n) is 4.73. The van der Waals surface area contributed by atoms with Crippen LogP contribution in [0.5, 0.6) is 0 Å². The van der Waals surface area contributed by atoms with E-state index in [1.54, 1.807) is 29.7 Å². The molecular weight excluding hydrogens is 204 g/mol. The van der Waals surface area contributed by atoms with Crippen molar-refractivity contribution in [1.82, 2.24) is 29.7 Å². The van der Waals surface area contributed by atoms with Crippen LogP contribution in [0.2, 0.25) is 0 Å². The molecule has 0 aliphatic rings. The van der Waals surface area contributed by atoms with E-state index in [2.05, 4.69) is 25.0 Å². The van der Waals surface area contributed by atoms with Gasteiger partial charge in [0.2, 0.25) is 0 Å². The normalized spacial score (nSPS) is 10.5. The van der Waals surface area contributed by atoms with Gasteiger partial charge in [0.25, 0.3) is 0 Å². The van der Waals surface area contributed by atoms with Gasteiger partial charge < -0.3 is 4.98 Å². The number of rotatable bonds is 2. The van der Waals surface area contributed by atoms with Gasteiger partial charge in [-0.2, -0.15) is 5.10 Å². The number of nitrogens with zero attached hydrogens (tertiary/aromatic N) is 5. The molecule has 78 valence electrons. The van der Waals surface area contributed by atoms with Crippen LogP contribution in [0.4, 0.5) is 0 Å². The van der Waals surface area contributed by atoms with Gasteiger partial charge in [-0.25, -0.2) is 19.6 Å². The molecule has 3 aromatic heterocycles. The molecule has 0 fully saturated rings. The minimum Gasteiger partial charge on any atom is -0.345 e. The predicted molar refractivity (Wildman–Crippen MR) is 56.7 cm³/mol. The maximum absolute atomic E-state index is 4.29. The minimum absolute atomic E-state index is 0.737. The Bertz CT molecular complexity index is 499. The average molecular weight is 212 g/mol. The second kappa shape index (κ2) is 3.58. The first-order valence-corrected chi connectivity index (χ1v) is 4.73. The molecule has 0 unspecified atom stereocenters. The zero-order chi connectivity index (χ0) is 10.8. The Morgan fingerprint density at radius 2 is 2.12 bits per heavy atom. The summed E-state index contributed by atoms with van der Waals surface area (Å²) in [6, 6.07) is 3.84. The molecule has 0 radical (unpaired) electrons. The van der Waals surface area contributed by atoms with E-state index in [-0.39, 0.29) is 0 Å². The Morgan fingerprint density at radius 1 is 1.12 bits per heavy atom. The summed E-state index contributed by atoms with van der Waals surface area (Å²) in [5, 5.41) is 4.00. The molecule has 0 saturated carbocycles. The molecule has 0 aliphatic carbocycles. The molecule has 0 bridgehead atoms. The van der Waals surface area contributed by atoms with Crippen molar-refractivity contribution in [1.29, 1.82) is 0 Å². The number of nitrogens with one attached hydrogen (secondary N) is 1. The molecule has 16 heavy (non-hydrogen) atoms. The molecule has 0 spiro atoms. The highest BCUT2D eigenvalue weighted by atomic mass is 15.3. The van der Waals surface area contributed by atoms with Gasteiger partial charge in [0.15, 0.2) is 5.82 Å². The summed E-state index contributed by atoms with van der Waals surface area (Å²) < 4.78 is 1.61. The highest BCUT2D eigenvalue weighted by Gasteiger charge is 2.01. The highest BCUT2D eigenvalue weighted by Crippen LogP contribution is 2.15. The van der Waals surface area contributed by atoms with E-state index in [1.807, 2.05) is 12.1 Å². The van der Waals surface area contributed by atoms with E-state index >= 15 is 0 Å². The quantitative estimate of drug-likeness (QED) is 0.689. The smallest absolute Gasteiger partial charge is 0.155 e. The van der Waals surface area contributed by atoms with E-state index in [0.29, 0.717) is 0 Å². The summed E-state index contributed by atoms with van der Waals surface area (Å²) in [4.78, 5) is 15.1. The number of hydrogen-bond acceptors (Lipinski definition) is 4. The SMILES string of the molecule is c1ncn(-c2ccc(-c3cnc[nH]3)cn2)n1. The van der Waals surface area contributed by atoms with E-state index in [1.165, 1.54) is 6.33 Å². The molecule has 3 heterocycles. The fourth-order valence-electron chi connectivity index (χ4n) is 1.42. The lowest BCUT2D eigenvalue weighted by Gasteiger charge is -2.00. The lowest BCUT2D eigenvalue weighted by atomic mass is 10.2. The van der Waals surface area contributed by atoms with Gasteiger partial charge in [0.05, 0.1) is 18.2 Å². The van der Waals surface area contributed by atoms with Crippen LogP contribution in [0.1, 0.15) is 0 Å². The molecule has 6 heteroatoms. The van der Waals surface area contributed by atoms with Crippen LogP contribution < -0.4 is 0 Å². The molecule has 0 atom stereocenters. The molecule has 0 aliphatic heterocycles. The second-order valence-corrected chi connectivity index (χ2v) is 3.21. The van der Waals surface area contributed by atoms with Gasteiger partial charge in [-0.15, -0.1) is 0 Å². The number of aromatic nitrogens is 6. The Labute approximate surface area is 91.0 Å². The summed E-state index contributed by atoms with van der Waals surface area (Å²) in [6.07, 6.45) is 8.25. The predicted octanol–water partition coefficient (Wildman–Crippen LogP) is 1.05. The minimum atomic E-state index is 0.737. The second-order valence-electron chi connectivity index (χ2n) is 3.21. The van der Waals surface area contributed by atoms with Crippen LogP contribution in [-0.2, 0) is 0 Å². The molecule has 0 saturated heterocycles. The Morgan fingerprint density at radius 3 is 2.75 bits per heavy atom.